The van der Waals surface area contributed by atoms with Gasteiger partial charge in [-0.1, -0.05) is 29.8 Å². The number of hydrogen-bond acceptors (Lipinski definition) is 6. The lowest BCUT2D eigenvalue weighted by molar-refractivity contribution is 0.00685. The highest BCUT2D eigenvalue weighted by Gasteiger charge is 2.27. The summed E-state index contributed by atoms with van der Waals surface area (Å²) in [5.74, 6) is -0.514. The lowest BCUT2D eigenvalue weighted by Gasteiger charge is -2.24. The Kier molecular flexibility index (Phi) is 7.67. The van der Waals surface area contributed by atoms with Crippen LogP contribution in [0.1, 0.15) is 74.4 Å². The molecule has 174 valence electrons. The largest absolute Gasteiger partial charge is 0.456 e. The molecule has 1 aromatic heterocycles. The zero-order chi connectivity index (χ0) is 24.3. The number of amides is 1. The summed E-state index contributed by atoms with van der Waals surface area (Å²) in [4.78, 5) is 29.8. The number of carbonyl (C=O) groups is 2. The molecule has 0 unspecified atom stereocenters. The average molecular weight is 443 g/mol. The molecule has 7 nitrogen and oxygen atoms in total. The molecule has 0 saturated carbocycles. The van der Waals surface area contributed by atoms with Crippen LogP contribution < -0.4 is 5.32 Å². The summed E-state index contributed by atoms with van der Waals surface area (Å²) in [5.41, 5.74) is 2.71. The predicted octanol–water partition coefficient (Wildman–Crippen LogP) is 4.84. The van der Waals surface area contributed by atoms with Crippen LogP contribution in [0.25, 0.3) is 11.1 Å². The molecule has 0 atom stereocenters. The molecule has 0 spiro atoms. The van der Waals surface area contributed by atoms with E-state index in [1.165, 1.54) is 0 Å². The maximum Gasteiger partial charge on any atom is 0.407 e. The van der Waals surface area contributed by atoms with Gasteiger partial charge in [0.2, 0.25) is 0 Å². The van der Waals surface area contributed by atoms with Crippen molar-refractivity contribution in [2.45, 2.75) is 79.7 Å². The van der Waals surface area contributed by atoms with Crippen LogP contribution in [0.4, 0.5) is 4.79 Å². The molecule has 2 N–H and O–H groups in total. The third-order valence-corrected chi connectivity index (χ3v) is 4.47. The smallest absolute Gasteiger partial charge is 0.407 e. The maximum atomic E-state index is 13.1. The Balaban J connectivity index is 2.60. The fourth-order valence-corrected chi connectivity index (χ4v) is 3.21. The Bertz CT molecular complexity index is 983. The van der Waals surface area contributed by atoms with E-state index in [1.54, 1.807) is 48.5 Å². The normalized spacial score (nSPS) is 11.8. The number of ether oxygens (including phenoxy) is 2. The molecule has 0 bridgehead atoms. The molecule has 0 saturated heterocycles. The van der Waals surface area contributed by atoms with Crippen molar-refractivity contribution in [3.8, 4) is 11.1 Å². The minimum atomic E-state index is -0.690. The Morgan fingerprint density at radius 1 is 0.969 bits per heavy atom. The van der Waals surface area contributed by atoms with E-state index in [0.717, 1.165) is 11.1 Å². The number of nitrogens with zero attached hydrogens (tertiary/aromatic N) is 1. The number of pyridine rings is 1. The SMILES string of the molecule is Cc1ccc(-c2c(CO)c(CNC(=O)OC(C)(C)C)nc(C)c2C(=O)OC(C)(C)C)cc1. The van der Waals surface area contributed by atoms with Gasteiger partial charge in [0.05, 0.1) is 30.1 Å². The van der Waals surface area contributed by atoms with Crippen LogP contribution in [-0.4, -0.2) is 33.4 Å². The summed E-state index contributed by atoms with van der Waals surface area (Å²) in [5, 5.41) is 12.9. The Hall–Kier alpha value is -2.93. The number of alkyl carbamates (subject to hydrolysis) is 1. The first-order valence-electron chi connectivity index (χ1n) is 10.6. The zero-order valence-corrected chi connectivity index (χ0v) is 20.3. The lowest BCUT2D eigenvalue weighted by Crippen LogP contribution is -2.33. The van der Waals surface area contributed by atoms with Crippen LogP contribution in [0.3, 0.4) is 0 Å². The van der Waals surface area contributed by atoms with Gasteiger partial charge in [-0.3, -0.25) is 4.98 Å². The van der Waals surface area contributed by atoms with Gasteiger partial charge in [0.25, 0.3) is 0 Å². The van der Waals surface area contributed by atoms with Crippen molar-refractivity contribution >= 4 is 12.1 Å². The second-order valence-corrected chi connectivity index (χ2v) is 9.75. The number of benzene rings is 1. The Labute approximate surface area is 190 Å². The summed E-state index contributed by atoms with van der Waals surface area (Å²) < 4.78 is 10.9. The highest BCUT2D eigenvalue weighted by molar-refractivity contribution is 5.99. The monoisotopic (exact) mass is 442 g/mol. The van der Waals surface area contributed by atoms with Gasteiger partial charge in [-0.2, -0.15) is 0 Å². The molecular formula is C25H34N2O5. The van der Waals surface area contributed by atoms with Gasteiger partial charge in [-0.15, -0.1) is 0 Å². The number of carbonyl (C=O) groups excluding carboxylic acids is 2. The molecule has 2 rings (SSSR count). The van der Waals surface area contributed by atoms with Gasteiger partial charge in [-0.25, -0.2) is 9.59 Å². The van der Waals surface area contributed by atoms with Gasteiger partial charge >= 0.3 is 12.1 Å². The van der Waals surface area contributed by atoms with E-state index in [1.807, 2.05) is 31.2 Å². The molecule has 0 fully saturated rings. The van der Waals surface area contributed by atoms with E-state index in [0.29, 0.717) is 28.1 Å². The molecule has 32 heavy (non-hydrogen) atoms. The zero-order valence-electron chi connectivity index (χ0n) is 20.3. The Morgan fingerprint density at radius 2 is 1.53 bits per heavy atom. The molecule has 2 aromatic rings. The standard InChI is InChI=1S/C25H34N2O5/c1-15-9-11-17(12-10-15)21-18(14-28)19(13-26-23(30)32-25(6,7)8)27-16(2)20(21)22(29)31-24(3,4)5/h9-12,28H,13-14H2,1-8H3,(H,26,30). The van der Waals surface area contributed by atoms with Crippen molar-refractivity contribution in [2.24, 2.45) is 0 Å². The molecular weight excluding hydrogens is 408 g/mol. The van der Waals surface area contributed by atoms with Gasteiger partial charge < -0.3 is 19.9 Å². The van der Waals surface area contributed by atoms with E-state index >= 15 is 0 Å². The van der Waals surface area contributed by atoms with E-state index in [9.17, 15) is 14.7 Å². The average Bonchev–Trinajstić information content (AvgIpc) is 2.63. The number of rotatable bonds is 5. The number of esters is 1. The van der Waals surface area contributed by atoms with Crippen molar-refractivity contribution in [3.63, 3.8) is 0 Å². The maximum absolute atomic E-state index is 13.1. The first kappa shape index (κ1) is 25.3. The fourth-order valence-electron chi connectivity index (χ4n) is 3.21. The second-order valence-electron chi connectivity index (χ2n) is 9.75. The van der Waals surface area contributed by atoms with Crippen molar-refractivity contribution in [2.75, 3.05) is 0 Å². The first-order valence-corrected chi connectivity index (χ1v) is 10.6. The van der Waals surface area contributed by atoms with E-state index < -0.39 is 23.3 Å². The van der Waals surface area contributed by atoms with Crippen LogP contribution in [0, 0.1) is 13.8 Å². The topological polar surface area (TPSA) is 97.8 Å². The number of nitrogens with one attached hydrogen (secondary N) is 1. The van der Waals surface area contributed by atoms with Gasteiger partial charge in [0, 0.05) is 11.1 Å². The van der Waals surface area contributed by atoms with Gasteiger partial charge in [0.1, 0.15) is 11.2 Å². The van der Waals surface area contributed by atoms with Crippen molar-refractivity contribution in [1.82, 2.24) is 10.3 Å². The van der Waals surface area contributed by atoms with Gasteiger partial charge in [0.15, 0.2) is 0 Å². The summed E-state index contributed by atoms with van der Waals surface area (Å²) in [6.07, 6.45) is -0.589. The van der Waals surface area contributed by atoms with E-state index in [-0.39, 0.29) is 13.2 Å². The number of aromatic nitrogens is 1. The third kappa shape index (κ3) is 6.79. The van der Waals surface area contributed by atoms with Crippen molar-refractivity contribution in [3.05, 3.63) is 52.3 Å². The van der Waals surface area contributed by atoms with Crippen molar-refractivity contribution < 1.29 is 24.2 Å². The predicted molar refractivity (Wildman–Crippen MR) is 123 cm³/mol. The summed E-state index contributed by atoms with van der Waals surface area (Å²) in [7, 11) is 0. The van der Waals surface area contributed by atoms with Crippen LogP contribution in [0.2, 0.25) is 0 Å². The third-order valence-electron chi connectivity index (χ3n) is 4.47. The fraction of sp³-hybridized carbons (Fsp3) is 0.480. The van der Waals surface area contributed by atoms with Crippen LogP contribution in [0.15, 0.2) is 24.3 Å². The highest BCUT2D eigenvalue weighted by Crippen LogP contribution is 2.33. The number of hydrogen-bond donors (Lipinski definition) is 2. The molecule has 0 aliphatic rings. The molecule has 0 radical (unpaired) electrons. The highest BCUT2D eigenvalue weighted by atomic mass is 16.6. The van der Waals surface area contributed by atoms with Crippen LogP contribution >= 0.6 is 0 Å². The van der Waals surface area contributed by atoms with Crippen LogP contribution in [0.5, 0.6) is 0 Å². The number of aliphatic hydroxyl groups excluding tert-OH is 1. The number of aryl methyl sites for hydroxylation is 2. The molecule has 1 amide bonds. The summed E-state index contributed by atoms with van der Waals surface area (Å²) >= 11 is 0. The molecule has 0 aliphatic heterocycles. The van der Waals surface area contributed by atoms with Gasteiger partial charge in [-0.05, 0) is 61.0 Å². The second kappa shape index (κ2) is 9.69. The molecule has 7 heteroatoms. The Morgan fingerprint density at radius 3 is 2.03 bits per heavy atom. The minimum Gasteiger partial charge on any atom is -0.456 e. The number of aliphatic hydroxyl groups is 1. The quantitative estimate of drug-likeness (QED) is 0.643. The molecule has 1 aromatic carbocycles. The minimum absolute atomic E-state index is 0.0408. The lowest BCUT2D eigenvalue weighted by atomic mass is 9.92. The first-order chi connectivity index (χ1) is 14.7. The van der Waals surface area contributed by atoms with Crippen molar-refractivity contribution in [1.29, 1.82) is 0 Å². The summed E-state index contributed by atoms with van der Waals surface area (Å²) in [6, 6.07) is 7.65. The van der Waals surface area contributed by atoms with E-state index in [4.69, 9.17) is 9.47 Å². The molecule has 1 heterocycles. The molecule has 0 aliphatic carbocycles. The van der Waals surface area contributed by atoms with E-state index in [2.05, 4.69) is 10.3 Å². The summed E-state index contributed by atoms with van der Waals surface area (Å²) in [6.45, 7) is 14.1. The van der Waals surface area contributed by atoms with Crippen LogP contribution in [-0.2, 0) is 22.6 Å².